The average molecular weight is 243 g/mol. The first kappa shape index (κ1) is 11.7. The van der Waals surface area contributed by atoms with Crippen molar-refractivity contribution in [1.29, 1.82) is 0 Å². The predicted octanol–water partition coefficient (Wildman–Crippen LogP) is 2.65. The summed E-state index contributed by atoms with van der Waals surface area (Å²) in [5, 5.41) is 0.193. The van der Waals surface area contributed by atoms with Crippen molar-refractivity contribution in [2.24, 2.45) is 11.7 Å². The summed E-state index contributed by atoms with van der Waals surface area (Å²) >= 11 is 5.77. The number of anilines is 1. The summed E-state index contributed by atoms with van der Waals surface area (Å²) in [5.74, 6) is 0.273. The SMILES string of the molecule is NCC1CCN(c2ccc(F)c(Cl)c2)CC1. The summed E-state index contributed by atoms with van der Waals surface area (Å²) in [5.41, 5.74) is 6.64. The van der Waals surface area contributed by atoms with Gasteiger partial charge in [0, 0.05) is 18.8 Å². The fourth-order valence-electron chi connectivity index (χ4n) is 2.11. The molecule has 1 aromatic carbocycles. The third kappa shape index (κ3) is 2.47. The maximum absolute atomic E-state index is 13.0. The van der Waals surface area contributed by atoms with Crippen LogP contribution >= 0.6 is 11.6 Å². The standard InChI is InChI=1S/C12H16ClFN2/c13-11-7-10(1-2-12(11)14)16-5-3-9(8-15)4-6-16/h1-2,7,9H,3-6,8,15H2. The normalized spacial score (nSPS) is 17.8. The highest BCUT2D eigenvalue weighted by molar-refractivity contribution is 6.31. The molecule has 1 heterocycles. The first-order chi connectivity index (χ1) is 7.70. The lowest BCUT2D eigenvalue weighted by molar-refractivity contribution is 0.414. The molecule has 2 nitrogen and oxygen atoms in total. The molecule has 0 aromatic heterocycles. The van der Waals surface area contributed by atoms with Gasteiger partial charge in [0.25, 0.3) is 0 Å². The van der Waals surface area contributed by atoms with E-state index in [4.69, 9.17) is 17.3 Å². The largest absolute Gasteiger partial charge is 0.371 e. The number of halogens is 2. The number of nitrogens with zero attached hydrogens (tertiary/aromatic N) is 1. The van der Waals surface area contributed by atoms with Crippen LogP contribution in [-0.4, -0.2) is 19.6 Å². The first-order valence-corrected chi connectivity index (χ1v) is 5.98. The summed E-state index contributed by atoms with van der Waals surface area (Å²) < 4.78 is 13.0. The van der Waals surface area contributed by atoms with Gasteiger partial charge in [-0.1, -0.05) is 11.6 Å². The summed E-state index contributed by atoms with van der Waals surface area (Å²) in [6.07, 6.45) is 2.21. The molecule has 1 saturated heterocycles. The Morgan fingerprint density at radius 1 is 1.38 bits per heavy atom. The molecule has 88 valence electrons. The van der Waals surface area contributed by atoms with E-state index in [1.807, 2.05) is 0 Å². The molecular formula is C12H16ClFN2. The van der Waals surface area contributed by atoms with E-state index in [0.29, 0.717) is 5.92 Å². The predicted molar refractivity (Wildman–Crippen MR) is 65.4 cm³/mol. The minimum atomic E-state index is -0.359. The zero-order chi connectivity index (χ0) is 11.5. The Morgan fingerprint density at radius 2 is 2.06 bits per heavy atom. The Morgan fingerprint density at radius 3 is 2.62 bits per heavy atom. The molecule has 1 aliphatic heterocycles. The Labute approximate surface area is 100 Å². The number of rotatable bonds is 2. The Bertz CT molecular complexity index is 362. The van der Waals surface area contributed by atoms with E-state index >= 15 is 0 Å². The number of piperidine rings is 1. The lowest BCUT2D eigenvalue weighted by Crippen LogP contribution is -2.36. The molecule has 0 unspecified atom stereocenters. The van der Waals surface area contributed by atoms with Gasteiger partial charge in [-0.05, 0) is 43.5 Å². The van der Waals surface area contributed by atoms with Gasteiger partial charge in [0.2, 0.25) is 0 Å². The van der Waals surface area contributed by atoms with E-state index in [0.717, 1.165) is 38.2 Å². The lowest BCUT2D eigenvalue weighted by Gasteiger charge is -2.33. The molecule has 4 heteroatoms. The van der Waals surface area contributed by atoms with Gasteiger partial charge in [0.1, 0.15) is 5.82 Å². The fourth-order valence-corrected chi connectivity index (χ4v) is 2.28. The van der Waals surface area contributed by atoms with Crippen LogP contribution in [0, 0.1) is 11.7 Å². The molecule has 0 aliphatic carbocycles. The quantitative estimate of drug-likeness (QED) is 0.864. The van der Waals surface area contributed by atoms with Gasteiger partial charge in [-0.25, -0.2) is 4.39 Å². The molecule has 0 atom stereocenters. The molecule has 0 radical (unpaired) electrons. The molecule has 1 aliphatic rings. The van der Waals surface area contributed by atoms with Gasteiger partial charge in [-0.3, -0.25) is 0 Å². The Kier molecular flexibility index (Phi) is 3.66. The van der Waals surface area contributed by atoms with Crippen LogP contribution in [0.2, 0.25) is 5.02 Å². The van der Waals surface area contributed by atoms with Crippen LogP contribution in [0.15, 0.2) is 18.2 Å². The monoisotopic (exact) mass is 242 g/mol. The molecule has 0 amide bonds. The van der Waals surface area contributed by atoms with E-state index in [1.54, 1.807) is 12.1 Å². The number of hydrogen-bond acceptors (Lipinski definition) is 2. The van der Waals surface area contributed by atoms with E-state index in [1.165, 1.54) is 6.07 Å². The lowest BCUT2D eigenvalue weighted by atomic mass is 9.97. The van der Waals surface area contributed by atoms with Gasteiger partial charge in [0.15, 0.2) is 0 Å². The topological polar surface area (TPSA) is 29.3 Å². The highest BCUT2D eigenvalue weighted by Gasteiger charge is 2.18. The fraction of sp³-hybridized carbons (Fsp3) is 0.500. The zero-order valence-electron chi connectivity index (χ0n) is 9.13. The Balaban J connectivity index is 2.05. The minimum absolute atomic E-state index is 0.193. The highest BCUT2D eigenvalue weighted by Crippen LogP contribution is 2.26. The third-order valence-electron chi connectivity index (χ3n) is 3.22. The van der Waals surface area contributed by atoms with Crippen LogP contribution in [0.5, 0.6) is 0 Å². The molecule has 2 rings (SSSR count). The Hall–Kier alpha value is -0.800. The van der Waals surface area contributed by atoms with Crippen LogP contribution in [0.4, 0.5) is 10.1 Å². The van der Waals surface area contributed by atoms with E-state index in [9.17, 15) is 4.39 Å². The second-order valence-electron chi connectivity index (χ2n) is 4.26. The average Bonchev–Trinajstić information content (AvgIpc) is 2.33. The van der Waals surface area contributed by atoms with Crippen LogP contribution < -0.4 is 10.6 Å². The van der Waals surface area contributed by atoms with Gasteiger partial charge < -0.3 is 10.6 Å². The second kappa shape index (κ2) is 5.02. The van der Waals surface area contributed by atoms with Crippen molar-refractivity contribution in [2.75, 3.05) is 24.5 Å². The molecule has 1 fully saturated rings. The summed E-state index contributed by atoms with van der Waals surface area (Å²) in [6, 6.07) is 4.90. The molecule has 0 spiro atoms. The summed E-state index contributed by atoms with van der Waals surface area (Å²) in [4.78, 5) is 2.23. The maximum atomic E-state index is 13.0. The molecule has 1 aromatic rings. The van der Waals surface area contributed by atoms with Crippen LogP contribution in [0.1, 0.15) is 12.8 Å². The minimum Gasteiger partial charge on any atom is -0.371 e. The van der Waals surface area contributed by atoms with Gasteiger partial charge >= 0.3 is 0 Å². The van der Waals surface area contributed by atoms with Crippen LogP contribution in [0.3, 0.4) is 0 Å². The van der Waals surface area contributed by atoms with E-state index in [2.05, 4.69) is 4.90 Å². The molecule has 2 N–H and O–H groups in total. The van der Waals surface area contributed by atoms with Crippen molar-refractivity contribution in [3.05, 3.63) is 29.0 Å². The first-order valence-electron chi connectivity index (χ1n) is 5.61. The highest BCUT2D eigenvalue weighted by atomic mass is 35.5. The molecular weight excluding hydrogens is 227 g/mol. The van der Waals surface area contributed by atoms with Crippen molar-refractivity contribution in [3.63, 3.8) is 0 Å². The zero-order valence-corrected chi connectivity index (χ0v) is 9.88. The second-order valence-corrected chi connectivity index (χ2v) is 4.67. The maximum Gasteiger partial charge on any atom is 0.141 e. The summed E-state index contributed by atoms with van der Waals surface area (Å²) in [7, 11) is 0. The van der Waals surface area contributed by atoms with Crippen molar-refractivity contribution in [3.8, 4) is 0 Å². The number of benzene rings is 1. The number of hydrogen-bond donors (Lipinski definition) is 1. The molecule has 16 heavy (non-hydrogen) atoms. The van der Waals surface area contributed by atoms with E-state index in [-0.39, 0.29) is 10.8 Å². The third-order valence-corrected chi connectivity index (χ3v) is 3.51. The van der Waals surface area contributed by atoms with Crippen molar-refractivity contribution >= 4 is 17.3 Å². The van der Waals surface area contributed by atoms with Crippen molar-refractivity contribution < 1.29 is 4.39 Å². The van der Waals surface area contributed by atoms with Crippen molar-refractivity contribution in [2.45, 2.75) is 12.8 Å². The number of nitrogens with two attached hydrogens (primary N) is 1. The van der Waals surface area contributed by atoms with Gasteiger partial charge in [-0.2, -0.15) is 0 Å². The van der Waals surface area contributed by atoms with E-state index < -0.39 is 0 Å². The molecule has 0 saturated carbocycles. The molecule has 0 bridgehead atoms. The summed E-state index contributed by atoms with van der Waals surface area (Å²) in [6.45, 7) is 2.71. The van der Waals surface area contributed by atoms with Crippen molar-refractivity contribution in [1.82, 2.24) is 0 Å². The van der Waals surface area contributed by atoms with Crippen LogP contribution in [0.25, 0.3) is 0 Å². The van der Waals surface area contributed by atoms with Gasteiger partial charge in [0.05, 0.1) is 5.02 Å². The van der Waals surface area contributed by atoms with Gasteiger partial charge in [-0.15, -0.1) is 0 Å². The van der Waals surface area contributed by atoms with Crippen LogP contribution in [-0.2, 0) is 0 Å². The smallest absolute Gasteiger partial charge is 0.141 e.